The van der Waals surface area contributed by atoms with Crippen molar-refractivity contribution in [1.82, 2.24) is 4.90 Å². The quantitative estimate of drug-likeness (QED) is 0.272. The van der Waals surface area contributed by atoms with Gasteiger partial charge in [-0.3, -0.25) is 9.69 Å². The summed E-state index contributed by atoms with van der Waals surface area (Å²) in [4.78, 5) is 20.6. The van der Waals surface area contributed by atoms with Gasteiger partial charge in [0, 0.05) is 12.1 Å². The number of alkyl halides is 2. The fourth-order valence-corrected chi connectivity index (χ4v) is 2.05. The number of aliphatic imine (C=N–C) groups is 1. The van der Waals surface area contributed by atoms with E-state index in [1.165, 1.54) is 17.0 Å². The van der Waals surface area contributed by atoms with Crippen LogP contribution in [0, 0.1) is 5.82 Å². The molecule has 1 aromatic rings. The number of nitrogens with one attached hydrogen (secondary N) is 1. The van der Waals surface area contributed by atoms with Crippen molar-refractivity contribution in [3.8, 4) is 0 Å². The predicted molar refractivity (Wildman–Crippen MR) is 79.5 cm³/mol. The van der Waals surface area contributed by atoms with Gasteiger partial charge in [0.15, 0.2) is 5.84 Å². The molecule has 1 amide bonds. The molecule has 1 N–H and O–H groups in total. The van der Waals surface area contributed by atoms with Crippen molar-refractivity contribution in [3.63, 3.8) is 0 Å². The number of carbonyl (C=O) groups is 1. The lowest BCUT2D eigenvalue weighted by molar-refractivity contribution is -0.134. The Morgan fingerprint density at radius 1 is 1.48 bits per heavy atom. The summed E-state index contributed by atoms with van der Waals surface area (Å²) in [6, 6.07) is 3.87. The van der Waals surface area contributed by atoms with Crippen molar-refractivity contribution in [1.29, 1.82) is 0 Å². The van der Waals surface area contributed by atoms with Crippen LogP contribution in [0.1, 0.15) is 5.56 Å². The maximum absolute atomic E-state index is 13.4. The average Bonchev–Trinajstić information content (AvgIpc) is 2.48. The monoisotopic (exact) mass is 328 g/mol. The number of benzene rings is 1. The van der Waals surface area contributed by atoms with Crippen LogP contribution in [-0.4, -0.2) is 56.0 Å². The van der Waals surface area contributed by atoms with Crippen LogP contribution in [0.4, 0.5) is 18.9 Å². The summed E-state index contributed by atoms with van der Waals surface area (Å²) in [5, 5.41) is 5.95. The molecule has 23 heavy (non-hydrogen) atoms. The standard InChI is InChI=1S/C14H15F3N4O2/c1-18-13(10-2-3-11(15)12(6-10)19-9-22)20-23-5-4-21-7-14(16,17)8-21/h2-3,6,9H,1,4-5,7-8H2,(H,19,22)/b20-13-. The number of amides is 1. The first-order valence-corrected chi connectivity index (χ1v) is 6.72. The number of anilines is 1. The van der Waals surface area contributed by atoms with E-state index in [1.807, 2.05) is 0 Å². The third-order valence-corrected chi connectivity index (χ3v) is 3.15. The van der Waals surface area contributed by atoms with E-state index in [0.29, 0.717) is 18.5 Å². The highest BCUT2D eigenvalue weighted by molar-refractivity contribution is 6.02. The molecule has 0 aliphatic carbocycles. The first kappa shape index (κ1) is 16.9. The van der Waals surface area contributed by atoms with E-state index < -0.39 is 11.7 Å². The number of carbonyl (C=O) groups excluding carboxylic acids is 1. The molecule has 0 spiro atoms. The zero-order chi connectivity index (χ0) is 16.9. The second-order valence-electron chi connectivity index (χ2n) is 4.93. The average molecular weight is 328 g/mol. The molecule has 0 bridgehead atoms. The highest BCUT2D eigenvalue weighted by Crippen LogP contribution is 2.25. The number of amidine groups is 1. The highest BCUT2D eigenvalue weighted by atomic mass is 19.3. The van der Waals surface area contributed by atoms with Crippen molar-refractivity contribution in [2.24, 2.45) is 10.1 Å². The molecular weight excluding hydrogens is 313 g/mol. The second kappa shape index (κ2) is 7.23. The third-order valence-electron chi connectivity index (χ3n) is 3.15. The van der Waals surface area contributed by atoms with Crippen molar-refractivity contribution in [2.75, 3.05) is 31.6 Å². The van der Waals surface area contributed by atoms with Gasteiger partial charge in [-0.05, 0) is 24.9 Å². The van der Waals surface area contributed by atoms with Crippen LogP contribution >= 0.6 is 0 Å². The molecule has 124 valence electrons. The lowest BCUT2D eigenvalue weighted by Crippen LogP contribution is -2.56. The summed E-state index contributed by atoms with van der Waals surface area (Å²) in [6.07, 6.45) is 0.347. The van der Waals surface area contributed by atoms with Gasteiger partial charge in [0.05, 0.1) is 18.8 Å². The molecule has 0 aromatic heterocycles. The minimum Gasteiger partial charge on any atom is -0.393 e. The molecule has 1 heterocycles. The minimum absolute atomic E-state index is 0.0309. The summed E-state index contributed by atoms with van der Waals surface area (Å²) in [5.41, 5.74) is 0.359. The molecule has 9 heteroatoms. The second-order valence-corrected chi connectivity index (χ2v) is 4.93. The molecule has 1 aromatic carbocycles. The number of likely N-dealkylation sites (tertiary alicyclic amines) is 1. The molecule has 0 atom stereocenters. The minimum atomic E-state index is -2.62. The molecule has 1 fully saturated rings. The summed E-state index contributed by atoms with van der Waals surface area (Å²) in [6.45, 7) is 3.19. The summed E-state index contributed by atoms with van der Waals surface area (Å²) in [5.74, 6) is -3.13. The number of nitrogens with zero attached hydrogens (tertiary/aromatic N) is 3. The van der Waals surface area contributed by atoms with Crippen LogP contribution in [-0.2, 0) is 9.63 Å². The van der Waals surface area contributed by atoms with Crippen molar-refractivity contribution < 1.29 is 22.8 Å². The third kappa shape index (κ3) is 4.52. The van der Waals surface area contributed by atoms with E-state index in [-0.39, 0.29) is 31.2 Å². The first-order chi connectivity index (χ1) is 10.9. The molecule has 1 saturated heterocycles. The summed E-state index contributed by atoms with van der Waals surface area (Å²) < 4.78 is 38.7. The maximum atomic E-state index is 13.4. The summed E-state index contributed by atoms with van der Waals surface area (Å²) >= 11 is 0. The fourth-order valence-electron chi connectivity index (χ4n) is 2.05. The number of halogens is 3. The van der Waals surface area contributed by atoms with Crippen molar-refractivity contribution in [2.45, 2.75) is 5.92 Å². The first-order valence-electron chi connectivity index (χ1n) is 6.72. The Kier molecular flexibility index (Phi) is 5.32. The molecule has 1 aliphatic heterocycles. The van der Waals surface area contributed by atoms with Crippen LogP contribution in [0.15, 0.2) is 28.3 Å². The van der Waals surface area contributed by atoms with E-state index in [1.54, 1.807) is 0 Å². The van der Waals surface area contributed by atoms with Gasteiger partial charge in [0.1, 0.15) is 12.4 Å². The van der Waals surface area contributed by atoms with Gasteiger partial charge in [-0.2, -0.15) is 0 Å². The lowest BCUT2D eigenvalue weighted by atomic mass is 10.1. The topological polar surface area (TPSA) is 66.3 Å². The van der Waals surface area contributed by atoms with E-state index in [4.69, 9.17) is 4.84 Å². The Hall–Kier alpha value is -2.42. The van der Waals surface area contributed by atoms with Gasteiger partial charge < -0.3 is 10.2 Å². The van der Waals surface area contributed by atoms with Crippen molar-refractivity contribution in [3.05, 3.63) is 29.6 Å². The van der Waals surface area contributed by atoms with E-state index in [9.17, 15) is 18.0 Å². The molecule has 0 saturated carbocycles. The zero-order valence-electron chi connectivity index (χ0n) is 12.1. The lowest BCUT2D eigenvalue weighted by Gasteiger charge is -2.38. The number of hydrogen-bond donors (Lipinski definition) is 1. The van der Waals surface area contributed by atoms with Gasteiger partial charge in [0.2, 0.25) is 6.41 Å². The van der Waals surface area contributed by atoms with Gasteiger partial charge in [-0.15, -0.1) is 0 Å². The molecule has 0 radical (unpaired) electrons. The molecule has 6 nitrogen and oxygen atoms in total. The SMILES string of the molecule is C=N/C(=N\OCCN1CC(F)(F)C1)c1ccc(F)c(NC=O)c1. The van der Waals surface area contributed by atoms with E-state index >= 15 is 0 Å². The molecule has 0 unspecified atom stereocenters. The molecule has 2 rings (SSSR count). The van der Waals surface area contributed by atoms with E-state index in [0.717, 1.165) is 6.07 Å². The Labute approximate surface area is 130 Å². The van der Waals surface area contributed by atoms with Crippen LogP contribution in [0.3, 0.4) is 0 Å². The van der Waals surface area contributed by atoms with Gasteiger partial charge >= 0.3 is 0 Å². The Bertz CT molecular complexity index is 614. The molecule has 1 aliphatic rings. The highest BCUT2D eigenvalue weighted by Gasteiger charge is 2.43. The Morgan fingerprint density at radius 2 is 2.22 bits per heavy atom. The normalized spacial score (nSPS) is 17.3. The number of oxime groups is 1. The van der Waals surface area contributed by atoms with Crippen molar-refractivity contribution >= 4 is 24.7 Å². The Balaban J connectivity index is 1.92. The van der Waals surface area contributed by atoms with Gasteiger partial charge in [0.25, 0.3) is 5.92 Å². The van der Waals surface area contributed by atoms with E-state index in [2.05, 4.69) is 22.2 Å². The van der Waals surface area contributed by atoms with Gasteiger partial charge in [-0.1, -0.05) is 5.16 Å². The Morgan fingerprint density at radius 3 is 2.83 bits per heavy atom. The van der Waals surface area contributed by atoms with Crippen LogP contribution in [0.25, 0.3) is 0 Å². The number of rotatable bonds is 7. The zero-order valence-corrected chi connectivity index (χ0v) is 12.1. The maximum Gasteiger partial charge on any atom is 0.272 e. The molecular formula is C14H15F3N4O2. The fraction of sp³-hybridized carbons (Fsp3) is 0.357. The largest absolute Gasteiger partial charge is 0.393 e. The number of hydrogen-bond acceptors (Lipinski definition) is 4. The smallest absolute Gasteiger partial charge is 0.272 e. The van der Waals surface area contributed by atoms with Crippen LogP contribution in [0.5, 0.6) is 0 Å². The van der Waals surface area contributed by atoms with Crippen LogP contribution in [0.2, 0.25) is 0 Å². The summed E-state index contributed by atoms with van der Waals surface area (Å²) in [7, 11) is 0. The predicted octanol–water partition coefficient (Wildman–Crippen LogP) is 1.72. The van der Waals surface area contributed by atoms with Crippen LogP contribution < -0.4 is 5.32 Å². The van der Waals surface area contributed by atoms with Gasteiger partial charge in [-0.25, -0.2) is 18.2 Å².